The first-order chi connectivity index (χ1) is 24.4. The molecule has 0 saturated carbocycles. The van der Waals surface area contributed by atoms with E-state index in [1.165, 1.54) is 48.8 Å². The smallest absolute Gasteiger partial charge is 0.406 e. The van der Waals surface area contributed by atoms with Gasteiger partial charge in [-0.3, -0.25) is 8.80 Å². The van der Waals surface area contributed by atoms with Gasteiger partial charge in [-0.25, -0.2) is 0 Å². The number of ether oxygens (including phenoxy) is 2. The van der Waals surface area contributed by atoms with Crippen LogP contribution < -0.4 is 9.47 Å². The largest absolute Gasteiger partial charge is 0.573 e. The van der Waals surface area contributed by atoms with Crippen molar-refractivity contribution in [3.8, 4) is 33.8 Å². The van der Waals surface area contributed by atoms with Gasteiger partial charge in [0.2, 0.25) is 11.6 Å². The van der Waals surface area contributed by atoms with E-state index in [1.807, 2.05) is 0 Å². The number of halogens is 10. The number of hydrogen-bond acceptors (Lipinski definition) is 8. The molecule has 0 aliphatic rings. The molecule has 272 valence electrons. The standard InChI is InChI=1S/C15H9F5N6O.C15H10F5N3O2/c16-14(17,8-22-25-21)13-24-23-12-6-3-10(7-26(12)13)9-1-4-11(5-2-9)27-15(18,19)20;16-14(17,8-24)13-22-21-12-6-3-10(7-23(12)13)9-1-4-11(5-2-9)25-15(18,19)20/h1-7H,8H2;1-7,24H,8H2. The number of azide groups is 1. The summed E-state index contributed by atoms with van der Waals surface area (Å²) in [6.45, 7) is -2.56. The molecular formula is C30H19F10N9O3. The highest BCUT2D eigenvalue weighted by Crippen LogP contribution is 2.32. The molecule has 0 aliphatic heterocycles. The number of rotatable bonds is 9. The van der Waals surface area contributed by atoms with Crippen molar-refractivity contribution < 1.29 is 58.5 Å². The lowest BCUT2D eigenvalue weighted by Crippen LogP contribution is -2.22. The van der Waals surface area contributed by atoms with Crippen molar-refractivity contribution in [3.05, 3.63) is 107 Å². The van der Waals surface area contributed by atoms with E-state index >= 15 is 0 Å². The Hall–Kier alpha value is -6.15. The molecule has 0 fully saturated rings. The van der Waals surface area contributed by atoms with E-state index in [2.05, 4.69) is 39.9 Å². The number of pyridine rings is 2. The van der Waals surface area contributed by atoms with E-state index in [-0.39, 0.29) is 11.3 Å². The fourth-order valence-electron chi connectivity index (χ4n) is 4.58. The van der Waals surface area contributed by atoms with E-state index in [1.54, 1.807) is 12.1 Å². The van der Waals surface area contributed by atoms with Crippen molar-refractivity contribution in [3.63, 3.8) is 0 Å². The number of aliphatic hydroxyl groups excluding tert-OH is 1. The number of alkyl halides is 10. The Morgan fingerprint density at radius 3 is 1.33 bits per heavy atom. The van der Waals surface area contributed by atoms with Crippen LogP contribution in [0.5, 0.6) is 11.5 Å². The zero-order valence-corrected chi connectivity index (χ0v) is 25.6. The fraction of sp³-hybridized carbons (Fsp3) is 0.200. The normalized spacial score (nSPS) is 12.3. The predicted molar refractivity (Wildman–Crippen MR) is 159 cm³/mol. The van der Waals surface area contributed by atoms with E-state index in [0.29, 0.717) is 22.3 Å². The van der Waals surface area contributed by atoms with Gasteiger partial charge in [-0.05, 0) is 76.3 Å². The molecule has 0 aliphatic carbocycles. The van der Waals surface area contributed by atoms with Crippen molar-refractivity contribution >= 4 is 11.3 Å². The Kier molecular flexibility index (Phi) is 10.2. The minimum Gasteiger partial charge on any atom is -0.406 e. The van der Waals surface area contributed by atoms with Crippen molar-refractivity contribution in [1.82, 2.24) is 29.2 Å². The van der Waals surface area contributed by atoms with E-state index in [9.17, 15) is 43.9 Å². The van der Waals surface area contributed by atoms with Gasteiger partial charge in [-0.2, -0.15) is 17.6 Å². The third-order valence-corrected chi connectivity index (χ3v) is 6.83. The maximum Gasteiger partial charge on any atom is 0.573 e. The maximum atomic E-state index is 14.1. The van der Waals surface area contributed by atoms with Crippen LogP contribution in [-0.4, -0.2) is 60.2 Å². The molecule has 0 saturated heterocycles. The van der Waals surface area contributed by atoms with Gasteiger partial charge in [0.1, 0.15) is 18.1 Å². The van der Waals surface area contributed by atoms with Crippen molar-refractivity contribution in [2.75, 3.05) is 13.2 Å². The molecule has 22 heteroatoms. The number of fused-ring (bicyclic) bond motifs is 2. The second kappa shape index (κ2) is 14.2. The average molecular weight is 744 g/mol. The zero-order valence-electron chi connectivity index (χ0n) is 25.6. The second-order valence-corrected chi connectivity index (χ2v) is 10.4. The van der Waals surface area contributed by atoms with E-state index in [4.69, 9.17) is 10.6 Å². The monoisotopic (exact) mass is 743 g/mol. The summed E-state index contributed by atoms with van der Waals surface area (Å²) < 4.78 is 138. The molecule has 6 rings (SSSR count). The van der Waals surface area contributed by atoms with Crippen molar-refractivity contribution in [2.24, 2.45) is 5.11 Å². The minimum atomic E-state index is -4.81. The summed E-state index contributed by atoms with van der Waals surface area (Å²) in [6, 6.07) is 15.8. The third-order valence-electron chi connectivity index (χ3n) is 6.83. The van der Waals surface area contributed by atoms with Crippen LogP contribution in [0.1, 0.15) is 11.6 Å². The van der Waals surface area contributed by atoms with Gasteiger partial charge in [0.05, 0.1) is 6.54 Å². The lowest BCUT2D eigenvalue weighted by molar-refractivity contribution is -0.275. The summed E-state index contributed by atoms with van der Waals surface area (Å²) in [4.78, 5) is 2.31. The third kappa shape index (κ3) is 8.76. The summed E-state index contributed by atoms with van der Waals surface area (Å²) >= 11 is 0. The Bertz CT molecular complexity index is 2210. The first-order valence-electron chi connectivity index (χ1n) is 14.2. The molecule has 6 aromatic rings. The lowest BCUT2D eigenvalue weighted by Gasteiger charge is -2.12. The van der Waals surface area contributed by atoms with Crippen LogP contribution >= 0.6 is 0 Å². The van der Waals surface area contributed by atoms with Crippen LogP contribution in [0.15, 0.2) is 90.3 Å². The first-order valence-corrected chi connectivity index (χ1v) is 14.2. The average Bonchev–Trinajstić information content (AvgIpc) is 3.72. The Labute approximate surface area is 283 Å². The summed E-state index contributed by atoms with van der Waals surface area (Å²) in [5.74, 6) is -9.38. The van der Waals surface area contributed by atoms with Gasteiger partial charge in [0.15, 0.2) is 11.3 Å². The molecule has 0 unspecified atom stereocenters. The second-order valence-electron chi connectivity index (χ2n) is 10.4. The SMILES string of the molecule is OCC(F)(F)c1nnc2ccc(-c3ccc(OC(F)(F)F)cc3)cn12.[N-]=[N+]=NCC(F)(F)c1nnc2ccc(-c3ccc(OC(F)(F)F)cc3)cn12. The van der Waals surface area contributed by atoms with Crippen molar-refractivity contribution in [1.29, 1.82) is 0 Å². The summed E-state index contributed by atoms with van der Waals surface area (Å²) in [6.07, 6.45) is -6.98. The number of nitrogens with zero attached hydrogens (tertiary/aromatic N) is 9. The summed E-state index contributed by atoms with van der Waals surface area (Å²) in [5, 5.41) is 25.7. The molecule has 1 N–H and O–H groups in total. The highest BCUT2D eigenvalue weighted by molar-refractivity contribution is 5.66. The van der Waals surface area contributed by atoms with Gasteiger partial charge in [0, 0.05) is 17.3 Å². The molecule has 4 heterocycles. The van der Waals surface area contributed by atoms with Crippen LogP contribution in [-0.2, 0) is 11.8 Å². The molecular weight excluding hydrogens is 724 g/mol. The van der Waals surface area contributed by atoms with E-state index < -0.39 is 60.9 Å². The quantitative estimate of drug-likeness (QED) is 0.0682. The molecule has 12 nitrogen and oxygen atoms in total. The van der Waals surface area contributed by atoms with Crippen LogP contribution in [0.25, 0.3) is 44.0 Å². The summed E-state index contributed by atoms with van der Waals surface area (Å²) in [5.41, 5.74) is 10.3. The Balaban J connectivity index is 0.000000202. The minimum absolute atomic E-state index is 0.131. The van der Waals surface area contributed by atoms with Crippen LogP contribution in [0.3, 0.4) is 0 Å². The molecule has 0 radical (unpaired) electrons. The Morgan fingerprint density at radius 1 is 0.577 bits per heavy atom. The molecule has 52 heavy (non-hydrogen) atoms. The fourth-order valence-corrected chi connectivity index (χ4v) is 4.58. The number of aromatic nitrogens is 6. The molecule has 0 amide bonds. The van der Waals surface area contributed by atoms with E-state index in [0.717, 1.165) is 33.1 Å². The van der Waals surface area contributed by atoms with Crippen LogP contribution in [0.2, 0.25) is 0 Å². The van der Waals surface area contributed by atoms with Gasteiger partial charge in [-0.15, -0.1) is 46.7 Å². The lowest BCUT2D eigenvalue weighted by atomic mass is 10.1. The molecule has 4 aromatic heterocycles. The maximum absolute atomic E-state index is 14.1. The molecule has 0 atom stereocenters. The zero-order chi connectivity index (χ0) is 37.9. The number of hydrogen-bond donors (Lipinski definition) is 1. The van der Waals surface area contributed by atoms with Crippen LogP contribution in [0.4, 0.5) is 43.9 Å². The first kappa shape index (κ1) is 37.1. The highest BCUT2D eigenvalue weighted by Gasteiger charge is 2.37. The highest BCUT2D eigenvalue weighted by atomic mass is 19.4. The summed E-state index contributed by atoms with van der Waals surface area (Å²) in [7, 11) is 0. The van der Waals surface area contributed by atoms with Gasteiger partial charge in [0.25, 0.3) is 0 Å². The number of aliphatic hydroxyl groups is 1. The topological polar surface area (TPSA) is 148 Å². The number of benzene rings is 2. The van der Waals surface area contributed by atoms with Crippen LogP contribution in [0, 0.1) is 0 Å². The molecule has 0 bridgehead atoms. The molecule has 0 spiro atoms. The van der Waals surface area contributed by atoms with Gasteiger partial charge in [-0.1, -0.05) is 29.4 Å². The van der Waals surface area contributed by atoms with Crippen molar-refractivity contribution in [2.45, 2.75) is 24.6 Å². The Morgan fingerprint density at radius 2 is 0.962 bits per heavy atom. The predicted octanol–water partition coefficient (Wildman–Crippen LogP) is 8.08. The van der Waals surface area contributed by atoms with Gasteiger partial charge < -0.3 is 14.6 Å². The molecule has 2 aromatic carbocycles. The van der Waals surface area contributed by atoms with Gasteiger partial charge >= 0.3 is 24.6 Å².